The van der Waals surface area contributed by atoms with Crippen molar-refractivity contribution in [2.75, 3.05) is 19.6 Å². The Morgan fingerprint density at radius 1 is 1.21 bits per heavy atom. The number of aromatic amines is 1. The molecule has 2 N–H and O–H groups in total. The molecule has 0 saturated carbocycles. The second-order valence-corrected chi connectivity index (χ2v) is 10.5. The van der Waals surface area contributed by atoms with Crippen molar-refractivity contribution >= 4 is 16.8 Å². The van der Waals surface area contributed by atoms with Crippen molar-refractivity contribution < 1.29 is 27.1 Å². The number of fused-ring (bicyclic) bond motifs is 1. The molecule has 3 aromatic rings. The second kappa shape index (κ2) is 11.4. The fourth-order valence-electron chi connectivity index (χ4n) is 5.71. The number of benzene rings is 1. The van der Waals surface area contributed by atoms with Crippen LogP contribution in [0.25, 0.3) is 10.9 Å². The molecule has 7 nitrogen and oxygen atoms in total. The summed E-state index contributed by atoms with van der Waals surface area (Å²) in [6.45, 7) is 3.90. The molecule has 0 radical (unpaired) electrons. The number of amides is 1. The highest BCUT2D eigenvalue weighted by Gasteiger charge is 2.32. The quantitative estimate of drug-likeness (QED) is 0.350. The number of carbonyl (C=O) groups excluding carboxylic acids is 1. The predicted octanol–water partition coefficient (Wildman–Crippen LogP) is 5.41. The van der Waals surface area contributed by atoms with Crippen molar-refractivity contribution in [3.8, 4) is 5.75 Å². The van der Waals surface area contributed by atoms with Crippen molar-refractivity contribution in [1.29, 1.82) is 0 Å². The first-order valence-electron chi connectivity index (χ1n) is 13.0. The number of aryl methyl sites for hydroxylation is 1. The van der Waals surface area contributed by atoms with Gasteiger partial charge in [0.15, 0.2) is 0 Å². The standard InChI is InChI=1S/C28H34F4N4O3/c1-16-13-23(39-27(29)30)21(25(37)34-16)14-33-26(38)24-18(3)36(22-8-6-5-7-20(22)24)17(2)19-9-11-35(12-10-19)15-28(4,31)32/h5-8,13,17,19,27H,9-12,14-15H2,1-4H3,(H,33,38)(H,34,37). The number of halogens is 4. The van der Waals surface area contributed by atoms with Crippen molar-refractivity contribution in [2.24, 2.45) is 5.92 Å². The number of pyridine rings is 1. The summed E-state index contributed by atoms with van der Waals surface area (Å²) in [6, 6.07) is 8.79. The van der Waals surface area contributed by atoms with Crippen LogP contribution in [-0.4, -0.2) is 52.5 Å². The summed E-state index contributed by atoms with van der Waals surface area (Å²) in [5, 5.41) is 3.43. The Bertz CT molecular complexity index is 1390. The third-order valence-corrected chi connectivity index (χ3v) is 7.48. The number of hydrogen-bond donors (Lipinski definition) is 2. The smallest absolute Gasteiger partial charge is 0.387 e. The summed E-state index contributed by atoms with van der Waals surface area (Å²) >= 11 is 0. The van der Waals surface area contributed by atoms with Crippen LogP contribution in [0.15, 0.2) is 35.1 Å². The molecule has 1 aromatic carbocycles. The number of carbonyl (C=O) groups is 1. The number of hydrogen-bond acceptors (Lipinski definition) is 4. The SMILES string of the molecule is Cc1cc(OC(F)F)c(CNC(=O)c2c(C)n(C(C)C3CCN(CC(C)(F)F)CC3)c3ccccc23)c(=O)[nH]1. The third kappa shape index (κ3) is 6.46. The lowest BCUT2D eigenvalue weighted by molar-refractivity contribution is -0.0506. The van der Waals surface area contributed by atoms with Gasteiger partial charge in [-0.05, 0) is 58.7 Å². The molecule has 1 unspecified atom stereocenters. The predicted molar refractivity (Wildman–Crippen MR) is 141 cm³/mol. The molecule has 39 heavy (non-hydrogen) atoms. The highest BCUT2D eigenvalue weighted by molar-refractivity contribution is 6.08. The number of para-hydroxylation sites is 1. The second-order valence-electron chi connectivity index (χ2n) is 10.5. The summed E-state index contributed by atoms with van der Waals surface area (Å²) in [6.07, 6.45) is 1.52. The van der Waals surface area contributed by atoms with Crippen molar-refractivity contribution in [2.45, 2.75) is 65.7 Å². The summed E-state index contributed by atoms with van der Waals surface area (Å²) in [5.41, 5.74) is 1.66. The minimum atomic E-state index is -3.12. The summed E-state index contributed by atoms with van der Waals surface area (Å²) < 4.78 is 59.4. The van der Waals surface area contributed by atoms with Gasteiger partial charge in [0, 0.05) is 41.3 Å². The van der Waals surface area contributed by atoms with Gasteiger partial charge in [-0.15, -0.1) is 0 Å². The van der Waals surface area contributed by atoms with Crippen LogP contribution in [0.3, 0.4) is 0 Å². The molecule has 1 saturated heterocycles. The largest absolute Gasteiger partial charge is 0.434 e. The van der Waals surface area contributed by atoms with Gasteiger partial charge < -0.3 is 19.6 Å². The molecule has 11 heteroatoms. The molecule has 1 atom stereocenters. The van der Waals surface area contributed by atoms with E-state index in [4.69, 9.17) is 0 Å². The zero-order chi connectivity index (χ0) is 28.5. The number of H-pyrrole nitrogens is 1. The number of rotatable bonds is 9. The van der Waals surface area contributed by atoms with E-state index in [1.165, 1.54) is 6.07 Å². The van der Waals surface area contributed by atoms with E-state index >= 15 is 0 Å². The molecule has 212 valence electrons. The summed E-state index contributed by atoms with van der Waals surface area (Å²) in [5.74, 6) is -3.23. The van der Waals surface area contributed by atoms with E-state index in [2.05, 4.69) is 26.5 Å². The number of aromatic nitrogens is 2. The number of alkyl halides is 4. The van der Waals surface area contributed by atoms with Gasteiger partial charge in [-0.25, -0.2) is 8.78 Å². The van der Waals surface area contributed by atoms with Gasteiger partial charge in [-0.2, -0.15) is 8.78 Å². The number of ether oxygens (including phenoxy) is 1. The fourth-order valence-corrected chi connectivity index (χ4v) is 5.71. The molecule has 0 aliphatic carbocycles. The van der Waals surface area contributed by atoms with E-state index in [0.717, 1.165) is 36.4 Å². The Morgan fingerprint density at radius 3 is 2.51 bits per heavy atom. The molecule has 1 amide bonds. The van der Waals surface area contributed by atoms with Gasteiger partial charge >= 0.3 is 6.61 Å². The first-order valence-corrected chi connectivity index (χ1v) is 13.0. The van der Waals surface area contributed by atoms with E-state index in [1.807, 2.05) is 31.2 Å². The van der Waals surface area contributed by atoms with Gasteiger partial charge in [0.05, 0.1) is 24.2 Å². The molecule has 0 bridgehead atoms. The zero-order valence-corrected chi connectivity index (χ0v) is 22.5. The van der Waals surface area contributed by atoms with Crippen LogP contribution in [0.1, 0.15) is 60.0 Å². The Balaban J connectivity index is 1.58. The highest BCUT2D eigenvalue weighted by atomic mass is 19.3. The number of nitrogens with zero attached hydrogens (tertiary/aromatic N) is 2. The number of piperidine rings is 1. The monoisotopic (exact) mass is 550 g/mol. The van der Waals surface area contributed by atoms with Gasteiger partial charge in [-0.3, -0.25) is 14.5 Å². The summed E-state index contributed by atoms with van der Waals surface area (Å²) in [7, 11) is 0. The molecule has 1 aliphatic heterocycles. The average molecular weight is 551 g/mol. The van der Waals surface area contributed by atoms with Crippen LogP contribution in [-0.2, 0) is 6.54 Å². The minimum Gasteiger partial charge on any atom is -0.434 e. The van der Waals surface area contributed by atoms with Crippen LogP contribution >= 0.6 is 0 Å². The normalized spacial score (nSPS) is 16.1. The highest BCUT2D eigenvalue weighted by Crippen LogP contribution is 2.36. The maximum atomic E-state index is 13.5. The topological polar surface area (TPSA) is 79.4 Å². The molecule has 3 heterocycles. The lowest BCUT2D eigenvalue weighted by atomic mass is 9.89. The molecular weight excluding hydrogens is 516 g/mol. The third-order valence-electron chi connectivity index (χ3n) is 7.48. The van der Waals surface area contributed by atoms with Crippen LogP contribution in [0, 0.1) is 19.8 Å². The van der Waals surface area contributed by atoms with E-state index in [9.17, 15) is 27.2 Å². The molecule has 1 aliphatic rings. The van der Waals surface area contributed by atoms with Gasteiger partial charge in [0.2, 0.25) is 0 Å². The lowest BCUT2D eigenvalue weighted by Crippen LogP contribution is -2.41. The van der Waals surface area contributed by atoms with Crippen LogP contribution in [0.5, 0.6) is 5.75 Å². The van der Waals surface area contributed by atoms with Gasteiger partial charge in [-0.1, -0.05) is 18.2 Å². The van der Waals surface area contributed by atoms with E-state index in [-0.39, 0.29) is 36.4 Å². The number of nitrogens with one attached hydrogen (secondary N) is 2. The molecular formula is C28H34F4N4O3. The zero-order valence-electron chi connectivity index (χ0n) is 22.5. The summed E-state index contributed by atoms with van der Waals surface area (Å²) in [4.78, 5) is 30.2. The van der Waals surface area contributed by atoms with Gasteiger partial charge in [0.1, 0.15) is 5.75 Å². The van der Waals surface area contributed by atoms with E-state index in [0.29, 0.717) is 24.3 Å². The van der Waals surface area contributed by atoms with Crippen molar-refractivity contribution in [1.82, 2.24) is 19.8 Å². The van der Waals surface area contributed by atoms with Gasteiger partial charge in [0.25, 0.3) is 17.4 Å². The minimum absolute atomic E-state index is 0.00623. The lowest BCUT2D eigenvalue weighted by Gasteiger charge is -2.37. The average Bonchev–Trinajstić information content (AvgIpc) is 3.13. The van der Waals surface area contributed by atoms with E-state index < -0.39 is 24.0 Å². The Labute approximate surface area is 224 Å². The van der Waals surface area contributed by atoms with Crippen molar-refractivity contribution in [3.63, 3.8) is 0 Å². The van der Waals surface area contributed by atoms with Crippen LogP contribution < -0.4 is 15.6 Å². The Kier molecular flexibility index (Phi) is 8.39. The van der Waals surface area contributed by atoms with Crippen LogP contribution in [0.4, 0.5) is 17.6 Å². The maximum Gasteiger partial charge on any atom is 0.387 e. The first kappa shape index (κ1) is 28.7. The molecule has 0 spiro atoms. The van der Waals surface area contributed by atoms with Crippen LogP contribution in [0.2, 0.25) is 0 Å². The molecule has 1 fully saturated rings. The molecule has 2 aromatic heterocycles. The Morgan fingerprint density at radius 2 is 1.87 bits per heavy atom. The van der Waals surface area contributed by atoms with Crippen molar-refractivity contribution in [3.05, 3.63) is 63.2 Å². The number of likely N-dealkylation sites (tertiary alicyclic amines) is 1. The maximum absolute atomic E-state index is 13.5. The first-order chi connectivity index (χ1) is 18.4. The fraction of sp³-hybridized carbons (Fsp3) is 0.500. The molecule has 4 rings (SSSR count). The van der Waals surface area contributed by atoms with E-state index in [1.54, 1.807) is 11.8 Å². The Hall–Kier alpha value is -3.34.